The average molecular weight is 340 g/mol. The molecule has 1 atom stereocenters. The smallest absolute Gasteiger partial charge is 0.237 e. The lowest BCUT2D eigenvalue weighted by Crippen LogP contribution is -2.49. The van der Waals surface area contributed by atoms with Crippen LogP contribution >= 0.6 is 12.4 Å². The molecule has 2 aliphatic rings. The number of nitrogens with one attached hydrogen (secondary N) is 2. The number of hydrogen-bond donors (Lipinski definition) is 2. The summed E-state index contributed by atoms with van der Waals surface area (Å²) in [6, 6.07) is 2.34. The van der Waals surface area contributed by atoms with Gasteiger partial charge in [0.05, 0.1) is 6.04 Å². The Morgan fingerprint density at radius 3 is 2.61 bits per heavy atom. The van der Waals surface area contributed by atoms with Crippen molar-refractivity contribution >= 4 is 24.1 Å². The number of halogens is 1. The fourth-order valence-electron chi connectivity index (χ4n) is 3.32. The monoisotopic (exact) mass is 339 g/mol. The van der Waals surface area contributed by atoms with Crippen LogP contribution < -0.4 is 15.5 Å². The second kappa shape index (κ2) is 7.93. The first-order valence-electron chi connectivity index (χ1n) is 8.23. The summed E-state index contributed by atoms with van der Waals surface area (Å²) < 4.78 is 0. The highest BCUT2D eigenvalue weighted by Gasteiger charge is 2.26. The van der Waals surface area contributed by atoms with Gasteiger partial charge >= 0.3 is 0 Å². The van der Waals surface area contributed by atoms with Crippen LogP contribution in [0.25, 0.3) is 0 Å². The first-order chi connectivity index (χ1) is 10.6. The third-order valence-electron chi connectivity index (χ3n) is 4.49. The Labute approximate surface area is 143 Å². The van der Waals surface area contributed by atoms with Crippen LogP contribution in [0, 0.1) is 13.8 Å². The van der Waals surface area contributed by atoms with Gasteiger partial charge in [-0.3, -0.25) is 4.79 Å². The van der Waals surface area contributed by atoms with Gasteiger partial charge < -0.3 is 15.5 Å². The van der Waals surface area contributed by atoms with Crippen molar-refractivity contribution in [1.82, 2.24) is 20.6 Å². The summed E-state index contributed by atoms with van der Waals surface area (Å²) in [5.74, 6) is 2.00. The van der Waals surface area contributed by atoms with Crippen LogP contribution in [-0.4, -0.2) is 47.6 Å². The van der Waals surface area contributed by atoms with Gasteiger partial charge in [-0.15, -0.1) is 12.4 Å². The van der Waals surface area contributed by atoms with E-state index >= 15 is 0 Å². The molecule has 2 aliphatic heterocycles. The quantitative estimate of drug-likeness (QED) is 0.870. The van der Waals surface area contributed by atoms with Gasteiger partial charge in [0, 0.05) is 30.9 Å². The van der Waals surface area contributed by atoms with Crippen LogP contribution in [0.3, 0.4) is 0 Å². The van der Waals surface area contributed by atoms with Crippen LogP contribution in [0.15, 0.2) is 6.07 Å². The number of anilines is 1. The van der Waals surface area contributed by atoms with Crippen molar-refractivity contribution in [2.45, 2.75) is 51.6 Å². The van der Waals surface area contributed by atoms with E-state index < -0.39 is 0 Å². The lowest BCUT2D eigenvalue weighted by atomic mass is 10.0. The number of hydrogen-bond acceptors (Lipinski definition) is 5. The minimum absolute atomic E-state index is 0. The van der Waals surface area contributed by atoms with Gasteiger partial charge in [0.1, 0.15) is 11.6 Å². The molecule has 2 saturated heterocycles. The number of amides is 1. The highest BCUT2D eigenvalue weighted by atomic mass is 35.5. The Bertz CT molecular complexity index is 519. The highest BCUT2D eigenvalue weighted by molar-refractivity contribution is 5.85. The molecule has 0 aromatic carbocycles. The van der Waals surface area contributed by atoms with E-state index in [4.69, 9.17) is 0 Å². The molecule has 23 heavy (non-hydrogen) atoms. The van der Waals surface area contributed by atoms with E-state index in [1.165, 1.54) is 0 Å². The predicted molar refractivity (Wildman–Crippen MR) is 93.2 cm³/mol. The molecule has 2 fully saturated rings. The SMILES string of the molecule is Cc1cc(N2CCC(NC(=O)C3CCCN3)CC2)nc(C)n1.Cl. The van der Waals surface area contributed by atoms with Gasteiger partial charge in [-0.25, -0.2) is 9.97 Å². The summed E-state index contributed by atoms with van der Waals surface area (Å²) in [6.07, 6.45) is 4.01. The maximum absolute atomic E-state index is 12.1. The van der Waals surface area contributed by atoms with Crippen molar-refractivity contribution in [2.75, 3.05) is 24.5 Å². The number of aryl methyl sites for hydroxylation is 2. The molecule has 3 heterocycles. The Balaban J connectivity index is 0.00000192. The van der Waals surface area contributed by atoms with Crippen molar-refractivity contribution in [1.29, 1.82) is 0 Å². The van der Waals surface area contributed by atoms with Gasteiger partial charge in [-0.2, -0.15) is 0 Å². The fourth-order valence-corrected chi connectivity index (χ4v) is 3.32. The molecule has 0 saturated carbocycles. The van der Waals surface area contributed by atoms with Crippen LogP contribution in [0.2, 0.25) is 0 Å². The van der Waals surface area contributed by atoms with Gasteiger partial charge in [-0.1, -0.05) is 0 Å². The lowest BCUT2D eigenvalue weighted by molar-refractivity contribution is -0.123. The molecule has 1 unspecified atom stereocenters. The minimum Gasteiger partial charge on any atom is -0.356 e. The largest absolute Gasteiger partial charge is 0.356 e. The molecule has 1 amide bonds. The number of piperidine rings is 1. The molecule has 0 bridgehead atoms. The molecule has 1 aromatic rings. The van der Waals surface area contributed by atoms with Crippen LogP contribution in [0.5, 0.6) is 0 Å². The van der Waals surface area contributed by atoms with E-state index in [0.29, 0.717) is 0 Å². The summed E-state index contributed by atoms with van der Waals surface area (Å²) in [5.41, 5.74) is 1.00. The molecular formula is C16H26ClN5O. The number of carbonyl (C=O) groups is 1. The van der Waals surface area contributed by atoms with E-state index in [-0.39, 0.29) is 30.4 Å². The molecule has 7 heteroatoms. The van der Waals surface area contributed by atoms with Crippen molar-refractivity contribution in [2.24, 2.45) is 0 Å². The van der Waals surface area contributed by atoms with Crippen LogP contribution in [0.4, 0.5) is 5.82 Å². The summed E-state index contributed by atoms with van der Waals surface area (Å²) >= 11 is 0. The zero-order chi connectivity index (χ0) is 15.5. The first-order valence-corrected chi connectivity index (χ1v) is 8.23. The Hall–Kier alpha value is -1.40. The zero-order valence-corrected chi connectivity index (χ0v) is 14.7. The minimum atomic E-state index is 0. The van der Waals surface area contributed by atoms with E-state index in [1.54, 1.807) is 0 Å². The summed E-state index contributed by atoms with van der Waals surface area (Å²) in [7, 11) is 0. The molecule has 0 radical (unpaired) electrons. The van der Waals surface area contributed by atoms with Crippen molar-refractivity contribution in [3.63, 3.8) is 0 Å². The zero-order valence-electron chi connectivity index (χ0n) is 13.8. The number of nitrogens with zero attached hydrogens (tertiary/aromatic N) is 3. The van der Waals surface area contributed by atoms with Crippen molar-refractivity contribution < 1.29 is 4.79 Å². The van der Waals surface area contributed by atoms with Crippen molar-refractivity contribution in [3.05, 3.63) is 17.6 Å². The molecule has 0 aliphatic carbocycles. The van der Waals surface area contributed by atoms with Crippen molar-refractivity contribution in [3.8, 4) is 0 Å². The van der Waals surface area contributed by atoms with Gasteiger partial charge in [0.2, 0.25) is 5.91 Å². The number of rotatable bonds is 3. The van der Waals surface area contributed by atoms with Gasteiger partial charge in [0.25, 0.3) is 0 Å². The maximum Gasteiger partial charge on any atom is 0.237 e. The second-order valence-electron chi connectivity index (χ2n) is 6.33. The fraction of sp³-hybridized carbons (Fsp3) is 0.688. The molecular weight excluding hydrogens is 314 g/mol. The van der Waals surface area contributed by atoms with E-state index in [9.17, 15) is 4.79 Å². The molecule has 1 aromatic heterocycles. The number of aromatic nitrogens is 2. The molecule has 128 valence electrons. The average Bonchev–Trinajstić information content (AvgIpc) is 3.01. The van der Waals surface area contributed by atoms with E-state index in [1.807, 2.05) is 19.9 Å². The van der Waals surface area contributed by atoms with Gasteiger partial charge in [-0.05, 0) is 46.1 Å². The van der Waals surface area contributed by atoms with Crippen LogP contribution in [-0.2, 0) is 4.79 Å². The maximum atomic E-state index is 12.1. The third-order valence-corrected chi connectivity index (χ3v) is 4.49. The topological polar surface area (TPSA) is 70.2 Å². The third kappa shape index (κ3) is 4.54. The van der Waals surface area contributed by atoms with E-state index in [0.717, 1.165) is 62.7 Å². The summed E-state index contributed by atoms with van der Waals surface area (Å²) in [4.78, 5) is 23.3. The Morgan fingerprint density at radius 1 is 1.26 bits per heavy atom. The van der Waals surface area contributed by atoms with E-state index in [2.05, 4.69) is 25.5 Å². The normalized spacial score (nSPS) is 21.8. The molecule has 6 nitrogen and oxygen atoms in total. The molecule has 2 N–H and O–H groups in total. The lowest BCUT2D eigenvalue weighted by Gasteiger charge is -2.33. The van der Waals surface area contributed by atoms with Crippen LogP contribution in [0.1, 0.15) is 37.2 Å². The molecule has 0 spiro atoms. The molecule has 3 rings (SSSR count). The standard InChI is InChI=1S/C16H25N5O.ClH/c1-11-10-15(19-12(2)18-11)21-8-5-13(6-9-21)20-16(22)14-4-3-7-17-14;/h10,13-14,17H,3-9H2,1-2H3,(H,20,22);1H. The Kier molecular flexibility index (Phi) is 6.18. The summed E-state index contributed by atoms with van der Waals surface area (Å²) in [6.45, 7) is 6.75. The highest BCUT2D eigenvalue weighted by Crippen LogP contribution is 2.19. The first kappa shape index (κ1) is 17.9. The Morgan fingerprint density at radius 2 is 2.00 bits per heavy atom. The van der Waals surface area contributed by atoms with Gasteiger partial charge in [0.15, 0.2) is 0 Å². The second-order valence-corrected chi connectivity index (χ2v) is 6.33. The number of carbonyl (C=O) groups excluding carboxylic acids is 1. The predicted octanol–water partition coefficient (Wildman–Crippen LogP) is 1.35. The summed E-state index contributed by atoms with van der Waals surface area (Å²) in [5, 5.41) is 6.45.